The molecule has 0 atom stereocenters. The number of anilines is 1. The third-order valence-corrected chi connectivity index (χ3v) is 3.62. The van der Waals surface area contributed by atoms with E-state index in [2.05, 4.69) is 4.98 Å². The van der Waals surface area contributed by atoms with Gasteiger partial charge in [-0.1, -0.05) is 6.07 Å². The van der Waals surface area contributed by atoms with Crippen LogP contribution in [0.15, 0.2) is 48.5 Å². The maximum atomic E-state index is 12.6. The Hall–Kier alpha value is -2.68. The Morgan fingerprint density at radius 1 is 0.952 bits per heavy atom. The number of ketones is 1. The summed E-state index contributed by atoms with van der Waals surface area (Å²) in [6.07, 6.45) is 0. The van der Waals surface area contributed by atoms with Gasteiger partial charge < -0.3 is 5.73 Å². The minimum absolute atomic E-state index is 0.000532. The number of nitrogens with zero attached hydrogens (tertiary/aromatic N) is 1. The van der Waals surface area contributed by atoms with E-state index in [1.54, 1.807) is 12.1 Å². The molecule has 3 aromatic rings. The van der Waals surface area contributed by atoms with E-state index in [0.29, 0.717) is 16.8 Å². The van der Waals surface area contributed by atoms with Crippen molar-refractivity contribution in [2.75, 3.05) is 5.73 Å². The van der Waals surface area contributed by atoms with Crippen LogP contribution in [-0.2, 0) is 0 Å². The predicted octanol–water partition coefficient (Wildman–Crippen LogP) is 3.66. The number of rotatable bonds is 2. The SMILES string of the molecule is Cc1ccc2cc(C(=O)c3ccc(N)c(C)c3)ccc2n1. The van der Waals surface area contributed by atoms with Crippen LogP contribution in [0.25, 0.3) is 10.9 Å². The molecule has 0 saturated heterocycles. The van der Waals surface area contributed by atoms with Crippen LogP contribution in [0.4, 0.5) is 5.69 Å². The fraction of sp³-hybridized carbons (Fsp3) is 0.111. The average Bonchev–Trinajstić information content (AvgIpc) is 2.49. The zero-order chi connectivity index (χ0) is 15.0. The van der Waals surface area contributed by atoms with Gasteiger partial charge in [-0.3, -0.25) is 9.78 Å². The maximum absolute atomic E-state index is 12.6. The minimum Gasteiger partial charge on any atom is -0.399 e. The monoisotopic (exact) mass is 276 g/mol. The first-order valence-electron chi connectivity index (χ1n) is 6.83. The van der Waals surface area contributed by atoms with Crippen LogP contribution < -0.4 is 5.73 Å². The summed E-state index contributed by atoms with van der Waals surface area (Å²) in [7, 11) is 0. The molecule has 0 saturated carbocycles. The molecule has 3 heteroatoms. The van der Waals surface area contributed by atoms with Gasteiger partial charge >= 0.3 is 0 Å². The second-order valence-electron chi connectivity index (χ2n) is 5.26. The molecule has 21 heavy (non-hydrogen) atoms. The molecule has 0 aliphatic carbocycles. The number of hydrogen-bond acceptors (Lipinski definition) is 3. The first kappa shape index (κ1) is 13.3. The number of benzene rings is 2. The maximum Gasteiger partial charge on any atom is 0.193 e. The standard InChI is InChI=1S/C18H16N2O/c1-11-9-14(5-7-16(11)19)18(21)15-6-8-17-13(10-15)4-3-12(2)20-17/h3-10H,19H2,1-2H3. The molecule has 3 rings (SSSR count). The molecule has 0 fully saturated rings. The number of carbonyl (C=O) groups excluding carboxylic acids is 1. The lowest BCUT2D eigenvalue weighted by Crippen LogP contribution is -2.03. The van der Waals surface area contributed by atoms with Crippen molar-refractivity contribution in [3.63, 3.8) is 0 Å². The van der Waals surface area contributed by atoms with Gasteiger partial charge in [-0.25, -0.2) is 0 Å². The summed E-state index contributed by atoms with van der Waals surface area (Å²) in [5.74, 6) is 0.000532. The van der Waals surface area contributed by atoms with Crippen molar-refractivity contribution in [2.45, 2.75) is 13.8 Å². The quantitative estimate of drug-likeness (QED) is 0.574. The highest BCUT2D eigenvalue weighted by Gasteiger charge is 2.11. The number of nitrogens with two attached hydrogens (primary N) is 1. The van der Waals surface area contributed by atoms with Crippen LogP contribution in [0.1, 0.15) is 27.2 Å². The van der Waals surface area contributed by atoms with Gasteiger partial charge in [0.2, 0.25) is 0 Å². The summed E-state index contributed by atoms with van der Waals surface area (Å²) in [5.41, 5.74) is 10.6. The normalized spacial score (nSPS) is 10.8. The molecule has 0 amide bonds. The molecule has 0 aliphatic heterocycles. The van der Waals surface area contributed by atoms with E-state index in [0.717, 1.165) is 22.2 Å². The number of pyridine rings is 1. The number of fused-ring (bicyclic) bond motifs is 1. The zero-order valence-electron chi connectivity index (χ0n) is 12.1. The average molecular weight is 276 g/mol. The lowest BCUT2D eigenvalue weighted by Gasteiger charge is -2.06. The summed E-state index contributed by atoms with van der Waals surface area (Å²) in [6, 6.07) is 14.9. The Labute approximate surface area is 123 Å². The van der Waals surface area contributed by atoms with Crippen LogP contribution in [-0.4, -0.2) is 10.8 Å². The molecule has 0 unspecified atom stereocenters. The van der Waals surface area contributed by atoms with Gasteiger partial charge in [0.1, 0.15) is 0 Å². The summed E-state index contributed by atoms with van der Waals surface area (Å²) < 4.78 is 0. The second-order valence-corrected chi connectivity index (χ2v) is 5.26. The van der Waals surface area contributed by atoms with Crippen molar-refractivity contribution in [3.05, 3.63) is 70.9 Å². The zero-order valence-corrected chi connectivity index (χ0v) is 12.1. The molecule has 2 aromatic carbocycles. The fourth-order valence-electron chi connectivity index (χ4n) is 2.35. The van der Waals surface area contributed by atoms with Gasteiger partial charge in [0, 0.05) is 27.9 Å². The van der Waals surface area contributed by atoms with Crippen LogP contribution in [0.3, 0.4) is 0 Å². The molecule has 0 aliphatic rings. The minimum atomic E-state index is 0.000532. The lowest BCUT2D eigenvalue weighted by atomic mass is 9.99. The topological polar surface area (TPSA) is 56.0 Å². The van der Waals surface area contributed by atoms with Gasteiger partial charge in [0.25, 0.3) is 0 Å². The van der Waals surface area contributed by atoms with Gasteiger partial charge in [-0.15, -0.1) is 0 Å². The van der Waals surface area contributed by atoms with Crippen LogP contribution >= 0.6 is 0 Å². The Morgan fingerprint density at radius 2 is 1.67 bits per heavy atom. The Kier molecular flexibility index (Phi) is 3.18. The first-order valence-corrected chi connectivity index (χ1v) is 6.83. The smallest absolute Gasteiger partial charge is 0.193 e. The lowest BCUT2D eigenvalue weighted by molar-refractivity contribution is 0.103. The van der Waals surface area contributed by atoms with Crippen molar-refractivity contribution in [1.29, 1.82) is 0 Å². The summed E-state index contributed by atoms with van der Waals surface area (Å²) in [6.45, 7) is 3.86. The molecule has 0 spiro atoms. The van der Waals surface area contributed by atoms with Crippen molar-refractivity contribution >= 4 is 22.4 Å². The highest BCUT2D eigenvalue weighted by Crippen LogP contribution is 2.19. The number of hydrogen-bond donors (Lipinski definition) is 1. The van der Waals surface area contributed by atoms with Crippen molar-refractivity contribution < 1.29 is 4.79 Å². The molecule has 1 aromatic heterocycles. The van der Waals surface area contributed by atoms with E-state index in [4.69, 9.17) is 5.73 Å². The number of nitrogen functional groups attached to an aromatic ring is 1. The highest BCUT2D eigenvalue weighted by molar-refractivity contribution is 6.10. The number of aryl methyl sites for hydroxylation is 2. The number of carbonyl (C=O) groups is 1. The Morgan fingerprint density at radius 3 is 2.43 bits per heavy atom. The molecular weight excluding hydrogens is 260 g/mol. The summed E-state index contributed by atoms with van der Waals surface area (Å²) in [4.78, 5) is 17.0. The summed E-state index contributed by atoms with van der Waals surface area (Å²) in [5, 5.41) is 0.971. The van der Waals surface area contributed by atoms with Gasteiger partial charge in [-0.05, 0) is 61.9 Å². The Bertz CT molecular complexity index is 853. The van der Waals surface area contributed by atoms with Crippen LogP contribution in [0, 0.1) is 13.8 Å². The third kappa shape index (κ3) is 2.50. The van der Waals surface area contributed by atoms with Crippen LogP contribution in [0.2, 0.25) is 0 Å². The van der Waals surface area contributed by atoms with E-state index < -0.39 is 0 Å². The first-order chi connectivity index (χ1) is 10.0. The fourth-order valence-corrected chi connectivity index (χ4v) is 2.35. The molecule has 0 bridgehead atoms. The molecule has 3 nitrogen and oxygen atoms in total. The van der Waals surface area contributed by atoms with E-state index in [-0.39, 0.29) is 5.78 Å². The van der Waals surface area contributed by atoms with E-state index in [9.17, 15) is 4.79 Å². The van der Waals surface area contributed by atoms with E-state index in [1.165, 1.54) is 0 Å². The molecule has 104 valence electrons. The van der Waals surface area contributed by atoms with Gasteiger partial charge in [0.15, 0.2) is 5.78 Å². The Balaban J connectivity index is 2.04. The molecule has 1 heterocycles. The molecule has 2 N–H and O–H groups in total. The number of aromatic nitrogens is 1. The third-order valence-electron chi connectivity index (χ3n) is 3.62. The van der Waals surface area contributed by atoms with Crippen LogP contribution in [0.5, 0.6) is 0 Å². The largest absolute Gasteiger partial charge is 0.399 e. The van der Waals surface area contributed by atoms with Crippen molar-refractivity contribution in [2.24, 2.45) is 0 Å². The van der Waals surface area contributed by atoms with E-state index in [1.807, 2.05) is 50.2 Å². The van der Waals surface area contributed by atoms with Gasteiger partial charge in [-0.2, -0.15) is 0 Å². The molecule has 0 radical (unpaired) electrons. The highest BCUT2D eigenvalue weighted by atomic mass is 16.1. The second kappa shape index (κ2) is 5.02. The summed E-state index contributed by atoms with van der Waals surface area (Å²) >= 11 is 0. The molecular formula is C18H16N2O. The van der Waals surface area contributed by atoms with Crippen molar-refractivity contribution in [1.82, 2.24) is 4.98 Å². The van der Waals surface area contributed by atoms with Crippen molar-refractivity contribution in [3.8, 4) is 0 Å². The van der Waals surface area contributed by atoms with E-state index >= 15 is 0 Å². The van der Waals surface area contributed by atoms with Gasteiger partial charge in [0.05, 0.1) is 5.52 Å². The predicted molar refractivity (Wildman–Crippen MR) is 85.5 cm³/mol.